The van der Waals surface area contributed by atoms with Crippen LogP contribution in [0.1, 0.15) is 40.9 Å². The van der Waals surface area contributed by atoms with Gasteiger partial charge in [-0.2, -0.15) is 13.2 Å². The standard InChI is InChI=1S/C10H13F3N2OS/c1-6(14)3-2-4-7(16)8-5-15-9(17-8)10(11,12)13/h5-6H,2-4,14H2,1H3. The number of hydrogen-bond acceptors (Lipinski definition) is 4. The summed E-state index contributed by atoms with van der Waals surface area (Å²) in [6.07, 6.45) is -2.02. The fourth-order valence-corrected chi connectivity index (χ4v) is 1.99. The molecule has 96 valence electrons. The molecule has 0 aromatic carbocycles. The summed E-state index contributed by atoms with van der Waals surface area (Å²) in [6, 6.07) is -0.00463. The zero-order valence-corrected chi connectivity index (χ0v) is 10.1. The van der Waals surface area contributed by atoms with E-state index in [2.05, 4.69) is 4.98 Å². The van der Waals surface area contributed by atoms with E-state index in [-0.39, 0.29) is 23.1 Å². The molecule has 1 aromatic rings. The zero-order chi connectivity index (χ0) is 13.1. The van der Waals surface area contributed by atoms with Gasteiger partial charge in [0, 0.05) is 18.7 Å². The largest absolute Gasteiger partial charge is 0.443 e. The Bertz CT molecular complexity index is 387. The van der Waals surface area contributed by atoms with E-state index in [0.29, 0.717) is 24.2 Å². The average Bonchev–Trinajstić information content (AvgIpc) is 2.64. The van der Waals surface area contributed by atoms with Crippen LogP contribution in [0.3, 0.4) is 0 Å². The van der Waals surface area contributed by atoms with Gasteiger partial charge in [-0.1, -0.05) is 0 Å². The van der Waals surface area contributed by atoms with Crippen LogP contribution < -0.4 is 5.73 Å². The Balaban J connectivity index is 2.56. The molecule has 7 heteroatoms. The summed E-state index contributed by atoms with van der Waals surface area (Å²) in [5.41, 5.74) is 5.51. The Morgan fingerprint density at radius 2 is 2.24 bits per heavy atom. The third-order valence-corrected chi connectivity index (χ3v) is 3.17. The second kappa shape index (κ2) is 5.59. The minimum atomic E-state index is -4.48. The molecule has 1 atom stereocenters. The van der Waals surface area contributed by atoms with E-state index in [1.807, 2.05) is 6.92 Å². The maximum absolute atomic E-state index is 12.2. The fraction of sp³-hybridized carbons (Fsp3) is 0.600. The molecular weight excluding hydrogens is 253 g/mol. The predicted molar refractivity (Wildman–Crippen MR) is 58.9 cm³/mol. The number of rotatable bonds is 5. The van der Waals surface area contributed by atoms with Gasteiger partial charge in [0.05, 0.1) is 4.88 Å². The van der Waals surface area contributed by atoms with Crippen LogP contribution in [0, 0.1) is 0 Å². The lowest BCUT2D eigenvalue weighted by Gasteiger charge is -2.02. The van der Waals surface area contributed by atoms with E-state index in [1.54, 1.807) is 0 Å². The van der Waals surface area contributed by atoms with Crippen LogP contribution in [-0.2, 0) is 6.18 Å². The number of ketones is 1. The highest BCUT2D eigenvalue weighted by Crippen LogP contribution is 2.32. The van der Waals surface area contributed by atoms with E-state index in [1.165, 1.54) is 0 Å². The molecule has 1 aromatic heterocycles. The van der Waals surface area contributed by atoms with E-state index in [9.17, 15) is 18.0 Å². The minimum Gasteiger partial charge on any atom is -0.328 e. The molecular formula is C10H13F3N2OS. The van der Waals surface area contributed by atoms with Gasteiger partial charge in [0.15, 0.2) is 10.8 Å². The molecule has 3 nitrogen and oxygen atoms in total. The van der Waals surface area contributed by atoms with Crippen molar-refractivity contribution >= 4 is 17.1 Å². The maximum atomic E-state index is 12.2. The van der Waals surface area contributed by atoms with E-state index in [4.69, 9.17) is 5.73 Å². The molecule has 0 aliphatic carbocycles. The van der Waals surface area contributed by atoms with Crippen LogP contribution >= 0.6 is 11.3 Å². The van der Waals surface area contributed by atoms with Crippen molar-refractivity contribution in [1.82, 2.24) is 4.98 Å². The topological polar surface area (TPSA) is 56.0 Å². The molecule has 0 aliphatic heterocycles. The summed E-state index contributed by atoms with van der Waals surface area (Å²) in [5.74, 6) is -0.307. The van der Waals surface area contributed by atoms with Crippen molar-refractivity contribution in [3.8, 4) is 0 Å². The van der Waals surface area contributed by atoms with Crippen molar-refractivity contribution in [2.24, 2.45) is 5.73 Å². The highest BCUT2D eigenvalue weighted by atomic mass is 32.1. The second-order valence-electron chi connectivity index (χ2n) is 3.82. The van der Waals surface area contributed by atoms with Crippen LogP contribution in [0.25, 0.3) is 0 Å². The Morgan fingerprint density at radius 3 is 2.71 bits per heavy atom. The van der Waals surface area contributed by atoms with Gasteiger partial charge in [0.1, 0.15) is 0 Å². The Kier molecular flexibility index (Phi) is 4.64. The molecule has 0 bridgehead atoms. The zero-order valence-electron chi connectivity index (χ0n) is 9.25. The first-order valence-corrected chi connectivity index (χ1v) is 5.94. The summed E-state index contributed by atoms with van der Waals surface area (Å²) in [7, 11) is 0. The number of thiazole rings is 1. The van der Waals surface area contributed by atoms with Gasteiger partial charge in [-0.3, -0.25) is 4.79 Å². The first-order chi connectivity index (χ1) is 7.80. The molecule has 0 fully saturated rings. The van der Waals surface area contributed by atoms with Crippen molar-refractivity contribution in [2.45, 2.75) is 38.4 Å². The maximum Gasteiger partial charge on any atom is 0.443 e. The first kappa shape index (κ1) is 14.1. The molecule has 0 spiro atoms. The monoisotopic (exact) mass is 266 g/mol. The van der Waals surface area contributed by atoms with Crippen LogP contribution in [0.4, 0.5) is 13.2 Å². The number of halogens is 3. The Labute approximate surface area is 101 Å². The van der Waals surface area contributed by atoms with Crippen molar-refractivity contribution in [3.05, 3.63) is 16.1 Å². The van der Waals surface area contributed by atoms with E-state index in [0.717, 1.165) is 6.20 Å². The van der Waals surface area contributed by atoms with Gasteiger partial charge in [-0.05, 0) is 19.8 Å². The van der Waals surface area contributed by atoms with Gasteiger partial charge in [0.25, 0.3) is 0 Å². The molecule has 1 heterocycles. The number of carbonyl (C=O) groups is 1. The summed E-state index contributed by atoms with van der Waals surface area (Å²) < 4.78 is 36.7. The molecule has 1 unspecified atom stereocenters. The summed E-state index contributed by atoms with van der Waals surface area (Å²) >= 11 is 0.390. The number of nitrogens with two attached hydrogens (primary N) is 1. The predicted octanol–water partition coefficient (Wildman–Crippen LogP) is 2.86. The van der Waals surface area contributed by atoms with Gasteiger partial charge in [-0.25, -0.2) is 4.98 Å². The SMILES string of the molecule is CC(N)CCCC(=O)c1cnc(C(F)(F)F)s1. The molecule has 0 saturated heterocycles. The van der Waals surface area contributed by atoms with Crippen LogP contribution in [0.15, 0.2) is 6.20 Å². The van der Waals surface area contributed by atoms with Crippen LogP contribution in [0.2, 0.25) is 0 Å². The van der Waals surface area contributed by atoms with Crippen molar-refractivity contribution in [2.75, 3.05) is 0 Å². The fourth-order valence-electron chi connectivity index (χ4n) is 1.24. The normalized spacial score (nSPS) is 13.7. The molecule has 0 saturated carbocycles. The molecule has 1 rings (SSSR count). The third-order valence-electron chi connectivity index (χ3n) is 2.09. The molecule has 2 N–H and O–H groups in total. The van der Waals surface area contributed by atoms with Crippen LogP contribution in [0.5, 0.6) is 0 Å². The number of alkyl halides is 3. The number of carbonyl (C=O) groups excluding carboxylic acids is 1. The summed E-state index contributed by atoms with van der Waals surface area (Å²) in [6.45, 7) is 1.82. The number of nitrogens with zero attached hydrogens (tertiary/aromatic N) is 1. The van der Waals surface area contributed by atoms with Gasteiger partial charge >= 0.3 is 6.18 Å². The first-order valence-electron chi connectivity index (χ1n) is 5.12. The molecule has 0 aliphatic rings. The minimum absolute atomic E-state index is 0.00463. The van der Waals surface area contributed by atoms with E-state index < -0.39 is 11.2 Å². The lowest BCUT2D eigenvalue weighted by Crippen LogP contribution is -2.14. The third kappa shape index (κ3) is 4.43. The second-order valence-corrected chi connectivity index (χ2v) is 4.85. The molecule has 17 heavy (non-hydrogen) atoms. The van der Waals surface area contributed by atoms with Crippen LogP contribution in [-0.4, -0.2) is 16.8 Å². The molecule has 0 amide bonds. The summed E-state index contributed by atoms with van der Waals surface area (Å²) in [4.78, 5) is 14.8. The van der Waals surface area contributed by atoms with E-state index >= 15 is 0 Å². The average molecular weight is 266 g/mol. The van der Waals surface area contributed by atoms with Gasteiger partial charge in [-0.15, -0.1) is 11.3 Å². The van der Waals surface area contributed by atoms with Crippen molar-refractivity contribution in [3.63, 3.8) is 0 Å². The van der Waals surface area contributed by atoms with Crippen molar-refractivity contribution < 1.29 is 18.0 Å². The number of Topliss-reactive ketones (excluding diaryl/α,β-unsaturated/α-hetero) is 1. The Morgan fingerprint density at radius 1 is 1.59 bits per heavy atom. The lowest BCUT2D eigenvalue weighted by molar-refractivity contribution is -0.137. The summed E-state index contributed by atoms with van der Waals surface area (Å²) in [5, 5.41) is -0.979. The highest BCUT2D eigenvalue weighted by molar-refractivity contribution is 7.13. The highest BCUT2D eigenvalue weighted by Gasteiger charge is 2.35. The van der Waals surface area contributed by atoms with Gasteiger partial charge < -0.3 is 5.73 Å². The lowest BCUT2D eigenvalue weighted by atomic mass is 10.1. The molecule has 0 radical (unpaired) electrons. The Hall–Kier alpha value is -0.950. The quantitative estimate of drug-likeness (QED) is 0.834. The number of hydrogen-bond donors (Lipinski definition) is 1. The van der Waals surface area contributed by atoms with Gasteiger partial charge in [0.2, 0.25) is 0 Å². The smallest absolute Gasteiger partial charge is 0.328 e. The number of aromatic nitrogens is 1. The van der Waals surface area contributed by atoms with Crippen molar-refractivity contribution in [1.29, 1.82) is 0 Å².